The van der Waals surface area contributed by atoms with Crippen LogP contribution in [0.15, 0.2) is 11.6 Å². The Labute approximate surface area is 380 Å². The maximum absolute atomic E-state index is 13.2. The molecule has 3 heterocycles. The number of hydrogen-bond acceptors (Lipinski definition) is 17. The molecule has 4 saturated carbocycles. The molecule has 0 aromatic carbocycles. The van der Waals surface area contributed by atoms with E-state index in [-0.39, 0.29) is 52.6 Å². The van der Waals surface area contributed by atoms with Crippen LogP contribution in [0.5, 0.6) is 0 Å². The maximum Gasteiger partial charge on any atom is 0.310 e. The van der Waals surface area contributed by atoms with Gasteiger partial charge in [0.05, 0.1) is 37.9 Å². The highest BCUT2D eigenvalue weighted by Gasteiger charge is 2.70. The summed E-state index contributed by atoms with van der Waals surface area (Å²) in [4.78, 5) is 13.2. The standard InChI is InChI=1S/C47H76O18/c1-42(2)13-15-47(41(58)59)16-14-45(5)22(23(47)17-42)7-8-28-43(3)11-10-29(44(4,21-50)27(43)9-12-46(28,45)6)64-40-37(65-39-36(57)34(55)31(52)25(19-49)62-39)32(53)26(20-60-40)63-38-35(56)33(54)30(51)24(18-48)61-38/h7,23-40,48-57H,8-21H2,1-6H3,(H,58,59)/t23-,24+,25+,26-,27+,28+,29-,30+,31+,32-,33-,34-,35+,36+,37+,38-,39-,40-,43-,44-,45+,46+,47-/m0/s1. The summed E-state index contributed by atoms with van der Waals surface area (Å²) in [7, 11) is 0. The summed E-state index contributed by atoms with van der Waals surface area (Å²) in [6, 6.07) is 0. The largest absolute Gasteiger partial charge is 0.481 e. The molecule has 7 fully saturated rings. The van der Waals surface area contributed by atoms with Gasteiger partial charge in [-0.3, -0.25) is 4.79 Å². The number of aliphatic hydroxyl groups excluding tert-OH is 10. The lowest BCUT2D eigenvalue weighted by Gasteiger charge is -2.71. The van der Waals surface area contributed by atoms with Crippen molar-refractivity contribution in [3.8, 4) is 0 Å². The summed E-state index contributed by atoms with van der Waals surface area (Å²) in [5, 5.41) is 117. The zero-order chi connectivity index (χ0) is 47.4. The number of hydrogen-bond donors (Lipinski definition) is 11. The van der Waals surface area contributed by atoms with E-state index in [1.165, 1.54) is 5.57 Å². The van der Waals surface area contributed by atoms with Gasteiger partial charge in [-0.25, -0.2) is 0 Å². The average Bonchev–Trinajstić information content (AvgIpc) is 3.26. The molecule has 0 amide bonds. The first-order valence-corrected chi connectivity index (χ1v) is 23.9. The first-order chi connectivity index (χ1) is 30.5. The van der Waals surface area contributed by atoms with Gasteiger partial charge < -0.3 is 84.6 Å². The van der Waals surface area contributed by atoms with Crippen molar-refractivity contribution in [2.75, 3.05) is 26.4 Å². The third kappa shape index (κ3) is 7.80. The van der Waals surface area contributed by atoms with Gasteiger partial charge in [0.15, 0.2) is 18.9 Å². The van der Waals surface area contributed by atoms with Crippen LogP contribution in [-0.2, 0) is 33.2 Å². The fourth-order valence-electron chi connectivity index (χ4n) is 14.8. The van der Waals surface area contributed by atoms with E-state index >= 15 is 0 Å². The molecular weight excluding hydrogens is 852 g/mol. The minimum atomic E-state index is -1.86. The molecule has 8 aliphatic rings. The van der Waals surface area contributed by atoms with Crippen molar-refractivity contribution >= 4 is 5.97 Å². The lowest BCUT2D eigenvalue weighted by atomic mass is 9.33. The van der Waals surface area contributed by atoms with Gasteiger partial charge in [-0.05, 0) is 104 Å². The summed E-state index contributed by atoms with van der Waals surface area (Å²) in [5.74, 6) is -0.512. The summed E-state index contributed by atoms with van der Waals surface area (Å²) in [6.45, 7) is 11.6. The molecule has 3 saturated heterocycles. The predicted molar refractivity (Wildman–Crippen MR) is 226 cm³/mol. The summed E-state index contributed by atoms with van der Waals surface area (Å²) >= 11 is 0. The summed E-state index contributed by atoms with van der Waals surface area (Å²) in [6.07, 6.45) is -13.4. The first kappa shape index (κ1) is 50.0. The van der Waals surface area contributed by atoms with Crippen LogP contribution in [-0.4, -0.2) is 181 Å². The van der Waals surface area contributed by atoms with Crippen LogP contribution in [0.1, 0.15) is 106 Å². The van der Waals surface area contributed by atoms with Crippen LogP contribution in [0.3, 0.4) is 0 Å². The fourth-order valence-corrected chi connectivity index (χ4v) is 14.8. The molecule has 8 rings (SSSR count). The van der Waals surface area contributed by atoms with Crippen LogP contribution in [0.25, 0.3) is 0 Å². The molecular formula is C47H76O18. The Morgan fingerprint density at radius 3 is 1.86 bits per heavy atom. The monoisotopic (exact) mass is 929 g/mol. The molecule has 0 aromatic rings. The summed E-state index contributed by atoms with van der Waals surface area (Å²) in [5.41, 5.74) is -0.833. The number of fused-ring (bicyclic) bond motifs is 7. The third-order valence-electron chi connectivity index (χ3n) is 19.2. The van der Waals surface area contributed by atoms with Gasteiger partial charge in [-0.15, -0.1) is 0 Å². The van der Waals surface area contributed by atoms with Crippen LogP contribution < -0.4 is 0 Å². The summed E-state index contributed by atoms with van der Waals surface area (Å²) < 4.78 is 36.3. The Kier molecular flexibility index (Phi) is 13.7. The van der Waals surface area contributed by atoms with Crippen molar-refractivity contribution in [3.63, 3.8) is 0 Å². The molecule has 65 heavy (non-hydrogen) atoms. The van der Waals surface area contributed by atoms with E-state index in [4.69, 9.17) is 28.4 Å². The Morgan fingerprint density at radius 1 is 0.677 bits per heavy atom. The van der Waals surface area contributed by atoms with E-state index in [0.29, 0.717) is 19.3 Å². The number of carboxylic acid groups (broad SMARTS) is 1. The van der Waals surface area contributed by atoms with Crippen LogP contribution in [0.2, 0.25) is 0 Å². The zero-order valence-electron chi connectivity index (χ0n) is 38.6. The van der Waals surface area contributed by atoms with Crippen LogP contribution in [0, 0.1) is 50.2 Å². The van der Waals surface area contributed by atoms with E-state index in [9.17, 15) is 61.0 Å². The molecule has 0 bridgehead atoms. The highest BCUT2D eigenvalue weighted by Crippen LogP contribution is 2.76. The van der Waals surface area contributed by atoms with Gasteiger partial charge >= 0.3 is 5.97 Å². The number of rotatable bonds is 10. The molecule has 18 nitrogen and oxygen atoms in total. The van der Waals surface area contributed by atoms with Crippen LogP contribution >= 0.6 is 0 Å². The normalized spacial score (nSPS) is 54.3. The number of allylic oxidation sites excluding steroid dienone is 2. The second-order valence-corrected chi connectivity index (χ2v) is 22.9. The van der Waals surface area contributed by atoms with Gasteiger partial charge in [0.25, 0.3) is 0 Å². The third-order valence-corrected chi connectivity index (χ3v) is 19.2. The molecule has 5 aliphatic carbocycles. The average molecular weight is 929 g/mol. The van der Waals surface area contributed by atoms with Crippen LogP contribution in [0.4, 0.5) is 0 Å². The zero-order valence-corrected chi connectivity index (χ0v) is 38.6. The maximum atomic E-state index is 13.2. The highest BCUT2D eigenvalue weighted by molar-refractivity contribution is 5.76. The van der Waals surface area contributed by atoms with Crippen molar-refractivity contribution in [2.24, 2.45) is 50.2 Å². The minimum absolute atomic E-state index is 0.0242. The topological polar surface area (TPSA) is 295 Å². The second kappa shape index (κ2) is 17.8. The van der Waals surface area contributed by atoms with E-state index < -0.39 is 122 Å². The number of ether oxygens (including phenoxy) is 6. The molecule has 11 N–H and O–H groups in total. The van der Waals surface area contributed by atoms with Gasteiger partial charge in [0.1, 0.15) is 67.1 Å². The molecule has 0 aromatic heterocycles. The minimum Gasteiger partial charge on any atom is -0.481 e. The molecule has 0 radical (unpaired) electrons. The van der Waals surface area contributed by atoms with Crippen molar-refractivity contribution in [3.05, 3.63) is 11.6 Å². The van der Waals surface area contributed by atoms with E-state index in [1.54, 1.807) is 0 Å². The molecule has 0 unspecified atom stereocenters. The van der Waals surface area contributed by atoms with E-state index in [2.05, 4.69) is 40.7 Å². The lowest BCUT2D eigenvalue weighted by molar-refractivity contribution is -0.383. The molecule has 0 spiro atoms. The Morgan fingerprint density at radius 2 is 1.28 bits per heavy atom. The lowest BCUT2D eigenvalue weighted by Crippen LogP contribution is -2.67. The fraction of sp³-hybridized carbons (Fsp3) is 0.936. The van der Waals surface area contributed by atoms with E-state index in [1.807, 2.05) is 6.92 Å². The number of carbonyl (C=O) groups is 1. The molecule has 3 aliphatic heterocycles. The Balaban J connectivity index is 1.06. The van der Waals surface area contributed by atoms with Crippen molar-refractivity contribution in [1.82, 2.24) is 0 Å². The molecule has 23 atom stereocenters. The van der Waals surface area contributed by atoms with Crippen molar-refractivity contribution in [1.29, 1.82) is 0 Å². The molecule has 18 heteroatoms. The number of carboxylic acids is 1. The molecule has 372 valence electrons. The van der Waals surface area contributed by atoms with E-state index in [0.717, 1.165) is 44.9 Å². The highest BCUT2D eigenvalue weighted by atomic mass is 16.8. The van der Waals surface area contributed by atoms with Gasteiger partial charge in [0, 0.05) is 5.41 Å². The first-order valence-electron chi connectivity index (χ1n) is 23.9. The second-order valence-electron chi connectivity index (χ2n) is 22.9. The SMILES string of the molecule is CC1(C)CC[C@]2(C(=O)O)CC[C@]3(C)C(=CC[C@@H]4[C@@]5(C)CC[C@H](O[C@@H]6OC[C@H](O[C@@H]7O[C@H](CO)[C@@H](O)[C@H](O)[C@H]7O)[C@H](O)[C@H]6O[C@@H]6O[C@H](CO)[C@@H](O)[C@H](O)[C@H]6O)[C@@](C)(CO)[C@@H]5CC[C@]43C)[C@@H]2C1. The van der Waals surface area contributed by atoms with Crippen molar-refractivity contribution < 1.29 is 89.4 Å². The Bertz CT molecular complexity index is 1760. The number of aliphatic hydroxyl groups is 10. The van der Waals surface area contributed by atoms with Gasteiger partial charge in [-0.1, -0.05) is 53.2 Å². The Hall–Kier alpha value is -1.43. The smallest absolute Gasteiger partial charge is 0.310 e. The van der Waals surface area contributed by atoms with Gasteiger partial charge in [-0.2, -0.15) is 0 Å². The van der Waals surface area contributed by atoms with Crippen molar-refractivity contribution in [2.45, 2.75) is 198 Å². The van der Waals surface area contributed by atoms with Gasteiger partial charge in [0.2, 0.25) is 0 Å². The quantitative estimate of drug-likeness (QED) is 0.104. The predicted octanol–water partition coefficient (Wildman–Crippen LogP) is 0.318. The number of aliphatic carboxylic acids is 1.